The molecule has 2 amide bonds. The molecule has 3 N–H and O–H groups in total. The molecule has 1 aromatic rings. The number of benzene rings is 1. The average molecular weight is 366 g/mol. The fraction of sp³-hybridized carbons (Fsp3) is 0.579. The Morgan fingerprint density at radius 1 is 1.12 bits per heavy atom. The van der Waals surface area contributed by atoms with Crippen LogP contribution in [0.1, 0.15) is 52.8 Å². The molecule has 25 heavy (non-hydrogen) atoms. The topological polar surface area (TPSA) is 75.4 Å². The van der Waals surface area contributed by atoms with Crippen molar-refractivity contribution in [1.82, 2.24) is 10.2 Å². The van der Waals surface area contributed by atoms with Gasteiger partial charge in [0.1, 0.15) is 0 Å². The number of hydrogen-bond acceptors (Lipinski definition) is 3. The summed E-state index contributed by atoms with van der Waals surface area (Å²) in [5.74, 6) is 0.803. The van der Waals surface area contributed by atoms with E-state index in [0.29, 0.717) is 23.0 Å². The van der Waals surface area contributed by atoms with Crippen LogP contribution >= 0.6 is 12.4 Å². The van der Waals surface area contributed by atoms with Crippen LogP contribution in [0.2, 0.25) is 0 Å². The highest BCUT2D eigenvalue weighted by Crippen LogP contribution is 2.39. The zero-order chi connectivity index (χ0) is 17.3. The monoisotopic (exact) mass is 365 g/mol. The molecule has 2 aliphatic carbocycles. The normalized spacial score (nSPS) is 27.8. The van der Waals surface area contributed by atoms with Crippen molar-refractivity contribution in [2.45, 2.75) is 44.2 Å². The number of carbonyl (C=O) groups is 2. The minimum Gasteiger partial charge on any atom is -0.349 e. The van der Waals surface area contributed by atoms with Gasteiger partial charge in [0.2, 0.25) is 0 Å². The molecule has 0 spiro atoms. The third-order valence-corrected chi connectivity index (χ3v) is 5.45. The molecule has 2 atom stereocenters. The molecule has 0 radical (unpaired) electrons. The van der Waals surface area contributed by atoms with Gasteiger partial charge in [0.15, 0.2) is 0 Å². The second-order valence-electron chi connectivity index (χ2n) is 7.46. The molecule has 1 aromatic carbocycles. The van der Waals surface area contributed by atoms with Gasteiger partial charge in [-0.3, -0.25) is 9.59 Å². The summed E-state index contributed by atoms with van der Waals surface area (Å²) < 4.78 is 0. The minimum atomic E-state index is -0.0924. The van der Waals surface area contributed by atoms with Crippen LogP contribution in [0.5, 0.6) is 0 Å². The average Bonchev–Trinajstić information content (AvgIpc) is 2.55. The van der Waals surface area contributed by atoms with Crippen LogP contribution in [-0.4, -0.2) is 42.9 Å². The SMILES string of the molecule is CN(C)C(=O)c1cccc(C(=O)NC2C3CCCC2CC(N)C3)c1.Cl. The quantitative estimate of drug-likeness (QED) is 0.863. The molecule has 5 nitrogen and oxygen atoms in total. The molecule has 2 bridgehead atoms. The molecular weight excluding hydrogens is 338 g/mol. The molecule has 0 aromatic heterocycles. The standard InChI is InChI=1S/C19H27N3O2.ClH/c1-22(2)19(24)15-8-4-7-14(9-15)18(23)21-17-12-5-3-6-13(17)11-16(20)10-12;/h4,7-9,12-13,16-17H,3,5-6,10-11,20H2,1-2H3,(H,21,23);1H. The number of halogens is 1. The smallest absolute Gasteiger partial charge is 0.253 e. The highest BCUT2D eigenvalue weighted by Gasteiger charge is 2.39. The first-order valence-corrected chi connectivity index (χ1v) is 8.84. The van der Waals surface area contributed by atoms with Crippen molar-refractivity contribution in [3.63, 3.8) is 0 Å². The Morgan fingerprint density at radius 3 is 2.32 bits per heavy atom. The van der Waals surface area contributed by atoms with Gasteiger partial charge in [0.05, 0.1) is 0 Å². The summed E-state index contributed by atoms with van der Waals surface area (Å²) >= 11 is 0. The van der Waals surface area contributed by atoms with Crippen molar-refractivity contribution >= 4 is 24.2 Å². The summed E-state index contributed by atoms with van der Waals surface area (Å²) in [4.78, 5) is 26.3. The Balaban J connectivity index is 0.00000225. The second kappa shape index (κ2) is 8.19. The summed E-state index contributed by atoms with van der Waals surface area (Å²) in [5, 5.41) is 3.23. The zero-order valence-electron chi connectivity index (χ0n) is 14.9. The molecule has 2 fully saturated rings. The van der Waals surface area contributed by atoms with E-state index in [0.717, 1.165) is 25.7 Å². The van der Waals surface area contributed by atoms with E-state index < -0.39 is 0 Å². The lowest BCUT2D eigenvalue weighted by Crippen LogP contribution is -2.53. The van der Waals surface area contributed by atoms with Crippen molar-refractivity contribution in [3.05, 3.63) is 35.4 Å². The molecule has 138 valence electrons. The van der Waals surface area contributed by atoms with E-state index in [4.69, 9.17) is 5.73 Å². The van der Waals surface area contributed by atoms with Gasteiger partial charge in [-0.05, 0) is 55.7 Å². The number of nitrogens with one attached hydrogen (secondary N) is 1. The van der Waals surface area contributed by atoms with Crippen LogP contribution < -0.4 is 11.1 Å². The third-order valence-electron chi connectivity index (χ3n) is 5.45. The van der Waals surface area contributed by atoms with Gasteiger partial charge in [0, 0.05) is 37.3 Å². The van der Waals surface area contributed by atoms with E-state index in [1.807, 2.05) is 0 Å². The van der Waals surface area contributed by atoms with Crippen LogP contribution in [0, 0.1) is 11.8 Å². The molecule has 2 aliphatic rings. The predicted molar refractivity (Wildman–Crippen MR) is 101 cm³/mol. The van der Waals surface area contributed by atoms with Crippen LogP contribution in [0.4, 0.5) is 0 Å². The van der Waals surface area contributed by atoms with E-state index >= 15 is 0 Å². The number of nitrogens with zero attached hydrogens (tertiary/aromatic N) is 1. The summed E-state index contributed by atoms with van der Waals surface area (Å²) in [5.41, 5.74) is 7.25. The fourth-order valence-electron chi connectivity index (χ4n) is 4.31. The van der Waals surface area contributed by atoms with Crippen LogP contribution in [0.3, 0.4) is 0 Å². The van der Waals surface area contributed by atoms with Gasteiger partial charge >= 0.3 is 0 Å². The van der Waals surface area contributed by atoms with Crippen molar-refractivity contribution in [3.8, 4) is 0 Å². The first-order valence-electron chi connectivity index (χ1n) is 8.84. The molecule has 0 saturated heterocycles. The highest BCUT2D eigenvalue weighted by atomic mass is 35.5. The highest BCUT2D eigenvalue weighted by molar-refractivity contribution is 5.99. The van der Waals surface area contributed by atoms with Gasteiger partial charge in [-0.25, -0.2) is 0 Å². The maximum Gasteiger partial charge on any atom is 0.253 e. The van der Waals surface area contributed by atoms with Crippen LogP contribution in [-0.2, 0) is 0 Å². The second-order valence-corrected chi connectivity index (χ2v) is 7.46. The van der Waals surface area contributed by atoms with E-state index in [-0.39, 0.29) is 36.3 Å². The number of fused-ring (bicyclic) bond motifs is 2. The van der Waals surface area contributed by atoms with Crippen LogP contribution in [0.15, 0.2) is 24.3 Å². The maximum atomic E-state index is 12.7. The molecule has 3 rings (SSSR count). The number of amides is 2. The molecule has 2 unspecified atom stereocenters. The molecular formula is C19H28ClN3O2. The lowest BCUT2D eigenvalue weighted by Gasteiger charge is -2.45. The largest absolute Gasteiger partial charge is 0.349 e. The van der Waals surface area contributed by atoms with Crippen molar-refractivity contribution in [2.75, 3.05) is 14.1 Å². The Bertz CT molecular complexity index is 621. The molecule has 2 saturated carbocycles. The van der Waals surface area contributed by atoms with E-state index in [9.17, 15) is 9.59 Å². The minimum absolute atomic E-state index is 0. The van der Waals surface area contributed by atoms with Gasteiger partial charge in [-0.1, -0.05) is 12.5 Å². The van der Waals surface area contributed by atoms with Gasteiger partial charge < -0.3 is 16.0 Å². The number of hydrogen-bond donors (Lipinski definition) is 2. The van der Waals surface area contributed by atoms with Gasteiger partial charge in [-0.15, -0.1) is 12.4 Å². The van der Waals surface area contributed by atoms with Gasteiger partial charge in [0.25, 0.3) is 11.8 Å². The number of carbonyl (C=O) groups excluding carboxylic acids is 2. The van der Waals surface area contributed by atoms with Gasteiger partial charge in [-0.2, -0.15) is 0 Å². The molecule has 6 heteroatoms. The Labute approximate surface area is 155 Å². The van der Waals surface area contributed by atoms with E-state index in [1.165, 1.54) is 11.3 Å². The lowest BCUT2D eigenvalue weighted by atomic mass is 9.67. The summed E-state index contributed by atoms with van der Waals surface area (Å²) in [6.07, 6.45) is 5.53. The summed E-state index contributed by atoms with van der Waals surface area (Å²) in [7, 11) is 3.42. The predicted octanol–water partition coefficient (Wildman–Crippen LogP) is 2.45. The van der Waals surface area contributed by atoms with Crippen molar-refractivity contribution < 1.29 is 9.59 Å². The zero-order valence-corrected chi connectivity index (χ0v) is 15.7. The van der Waals surface area contributed by atoms with Crippen molar-refractivity contribution in [2.24, 2.45) is 17.6 Å². The number of nitrogens with two attached hydrogens (primary N) is 1. The molecule has 0 aliphatic heterocycles. The third kappa shape index (κ3) is 4.33. The van der Waals surface area contributed by atoms with Crippen molar-refractivity contribution in [1.29, 1.82) is 0 Å². The van der Waals surface area contributed by atoms with E-state index in [1.54, 1.807) is 38.4 Å². The molecule has 0 heterocycles. The Hall–Kier alpha value is -1.59. The fourth-order valence-corrected chi connectivity index (χ4v) is 4.31. The number of rotatable bonds is 3. The Morgan fingerprint density at radius 2 is 1.72 bits per heavy atom. The Kier molecular flexibility index (Phi) is 6.47. The first-order chi connectivity index (χ1) is 11.5. The summed E-state index contributed by atoms with van der Waals surface area (Å²) in [6.45, 7) is 0. The van der Waals surface area contributed by atoms with E-state index in [2.05, 4.69) is 5.32 Å². The lowest BCUT2D eigenvalue weighted by molar-refractivity contribution is 0.0756. The first kappa shape index (κ1) is 19.7. The van der Waals surface area contributed by atoms with Crippen LogP contribution in [0.25, 0.3) is 0 Å². The summed E-state index contributed by atoms with van der Waals surface area (Å²) in [6, 6.07) is 7.46. The maximum absolute atomic E-state index is 12.7.